The maximum atomic E-state index is 11.4. The van der Waals surface area contributed by atoms with Crippen molar-refractivity contribution in [3.63, 3.8) is 0 Å². The average Bonchev–Trinajstić information content (AvgIpc) is 2.77. The first-order valence-electron chi connectivity index (χ1n) is 6.76. The summed E-state index contributed by atoms with van der Waals surface area (Å²) in [6.07, 6.45) is 0. The Morgan fingerprint density at radius 3 is 2.81 bits per heavy atom. The van der Waals surface area contributed by atoms with Crippen LogP contribution in [0.5, 0.6) is 5.75 Å². The van der Waals surface area contributed by atoms with Crippen LogP contribution >= 0.6 is 0 Å². The van der Waals surface area contributed by atoms with E-state index in [2.05, 4.69) is 17.4 Å². The van der Waals surface area contributed by atoms with E-state index in [1.54, 1.807) is 17.6 Å². The molecule has 21 heavy (non-hydrogen) atoms. The predicted molar refractivity (Wildman–Crippen MR) is 77.2 cm³/mol. The molecule has 0 radical (unpaired) electrons. The zero-order valence-corrected chi connectivity index (χ0v) is 11.4. The lowest BCUT2D eigenvalue weighted by Gasteiger charge is -2.15. The highest BCUT2D eigenvalue weighted by Gasteiger charge is 2.19. The van der Waals surface area contributed by atoms with Gasteiger partial charge in [-0.2, -0.15) is 0 Å². The SMILES string of the molecule is O=C(NO)c1ccc2c(c1)OCC(c1ccccc1)NC2. The lowest BCUT2D eigenvalue weighted by atomic mass is 10.1. The van der Waals surface area contributed by atoms with E-state index >= 15 is 0 Å². The normalized spacial score (nSPS) is 17.3. The molecule has 1 aliphatic heterocycles. The number of fused-ring (bicyclic) bond motifs is 1. The van der Waals surface area contributed by atoms with Crippen molar-refractivity contribution in [1.29, 1.82) is 0 Å². The minimum atomic E-state index is -0.543. The molecular weight excluding hydrogens is 268 g/mol. The molecule has 0 aromatic heterocycles. The number of benzene rings is 2. The highest BCUT2D eigenvalue weighted by Crippen LogP contribution is 2.26. The van der Waals surface area contributed by atoms with Crippen LogP contribution in [0.25, 0.3) is 0 Å². The summed E-state index contributed by atoms with van der Waals surface area (Å²) in [5.74, 6) is 0.125. The van der Waals surface area contributed by atoms with Crippen molar-refractivity contribution < 1.29 is 14.7 Å². The number of ether oxygens (including phenoxy) is 1. The number of carbonyl (C=O) groups is 1. The number of hydrogen-bond donors (Lipinski definition) is 3. The van der Waals surface area contributed by atoms with Gasteiger partial charge in [0.1, 0.15) is 12.4 Å². The molecule has 2 aromatic carbocycles. The van der Waals surface area contributed by atoms with Gasteiger partial charge in [0.25, 0.3) is 5.91 Å². The van der Waals surface area contributed by atoms with Gasteiger partial charge in [0.2, 0.25) is 0 Å². The van der Waals surface area contributed by atoms with Crippen LogP contribution < -0.4 is 15.5 Å². The summed E-state index contributed by atoms with van der Waals surface area (Å²) in [7, 11) is 0. The molecule has 1 aliphatic rings. The molecule has 0 bridgehead atoms. The van der Waals surface area contributed by atoms with Crippen molar-refractivity contribution in [2.24, 2.45) is 0 Å². The van der Waals surface area contributed by atoms with Gasteiger partial charge in [0.15, 0.2) is 0 Å². The molecule has 0 saturated carbocycles. The van der Waals surface area contributed by atoms with E-state index in [0.29, 0.717) is 24.5 Å². The van der Waals surface area contributed by atoms with Crippen LogP contribution in [0.4, 0.5) is 0 Å². The fraction of sp³-hybridized carbons (Fsp3) is 0.188. The largest absolute Gasteiger partial charge is 0.491 e. The summed E-state index contributed by atoms with van der Waals surface area (Å²) in [5.41, 5.74) is 4.15. The number of nitrogens with one attached hydrogen (secondary N) is 2. The van der Waals surface area contributed by atoms with Crippen molar-refractivity contribution in [3.05, 3.63) is 65.2 Å². The Balaban J connectivity index is 1.81. The van der Waals surface area contributed by atoms with Gasteiger partial charge in [-0.15, -0.1) is 0 Å². The molecular formula is C16H16N2O3. The molecule has 1 atom stereocenters. The van der Waals surface area contributed by atoms with Crippen LogP contribution in [0.2, 0.25) is 0 Å². The van der Waals surface area contributed by atoms with E-state index in [0.717, 1.165) is 5.56 Å². The molecule has 108 valence electrons. The summed E-state index contributed by atoms with van der Waals surface area (Å²) in [6.45, 7) is 1.15. The maximum Gasteiger partial charge on any atom is 0.274 e. The molecule has 1 unspecified atom stereocenters. The lowest BCUT2D eigenvalue weighted by molar-refractivity contribution is 0.0706. The van der Waals surface area contributed by atoms with Gasteiger partial charge in [-0.3, -0.25) is 10.0 Å². The Morgan fingerprint density at radius 2 is 2.05 bits per heavy atom. The Hall–Kier alpha value is -2.37. The molecule has 0 spiro atoms. The van der Waals surface area contributed by atoms with E-state index < -0.39 is 5.91 Å². The zero-order chi connectivity index (χ0) is 14.7. The molecule has 0 fully saturated rings. The number of carbonyl (C=O) groups excluding carboxylic acids is 1. The topological polar surface area (TPSA) is 70.6 Å². The molecule has 5 nitrogen and oxygen atoms in total. The first-order valence-corrected chi connectivity index (χ1v) is 6.76. The highest BCUT2D eigenvalue weighted by molar-refractivity contribution is 5.93. The first-order chi connectivity index (χ1) is 10.3. The van der Waals surface area contributed by atoms with Crippen LogP contribution in [0.3, 0.4) is 0 Å². The molecule has 0 saturated heterocycles. The Kier molecular flexibility index (Phi) is 3.85. The lowest BCUT2D eigenvalue weighted by Crippen LogP contribution is -2.23. The van der Waals surface area contributed by atoms with Crippen molar-refractivity contribution >= 4 is 5.91 Å². The fourth-order valence-corrected chi connectivity index (χ4v) is 2.41. The maximum absolute atomic E-state index is 11.4. The monoisotopic (exact) mass is 284 g/mol. The summed E-state index contributed by atoms with van der Waals surface area (Å²) in [6, 6.07) is 15.3. The van der Waals surface area contributed by atoms with Gasteiger partial charge < -0.3 is 10.1 Å². The molecule has 3 N–H and O–H groups in total. The smallest absolute Gasteiger partial charge is 0.274 e. The van der Waals surface area contributed by atoms with Crippen molar-refractivity contribution in [3.8, 4) is 5.75 Å². The zero-order valence-electron chi connectivity index (χ0n) is 11.4. The van der Waals surface area contributed by atoms with Crippen LogP contribution in [-0.2, 0) is 6.54 Å². The Labute approximate surface area is 122 Å². The van der Waals surface area contributed by atoms with Crippen molar-refractivity contribution in [2.45, 2.75) is 12.6 Å². The van der Waals surface area contributed by atoms with Crippen molar-refractivity contribution in [1.82, 2.24) is 10.8 Å². The quantitative estimate of drug-likeness (QED) is 0.583. The standard InChI is InChI=1S/C16H16N2O3/c19-16(18-20)12-6-7-13-9-17-14(10-21-15(13)8-12)11-4-2-1-3-5-11/h1-8,14,17,20H,9-10H2,(H,18,19). The van der Waals surface area contributed by atoms with Crippen LogP contribution in [-0.4, -0.2) is 17.7 Å². The van der Waals surface area contributed by atoms with E-state index in [1.165, 1.54) is 5.56 Å². The molecule has 2 aromatic rings. The summed E-state index contributed by atoms with van der Waals surface area (Å²) < 4.78 is 5.83. The summed E-state index contributed by atoms with van der Waals surface area (Å²) in [5, 5.41) is 12.1. The second-order valence-electron chi connectivity index (χ2n) is 4.92. The van der Waals surface area contributed by atoms with Crippen LogP contribution in [0.15, 0.2) is 48.5 Å². The van der Waals surface area contributed by atoms with E-state index in [4.69, 9.17) is 9.94 Å². The first kappa shape index (κ1) is 13.6. The number of amides is 1. The van der Waals surface area contributed by atoms with Gasteiger partial charge in [-0.05, 0) is 17.7 Å². The number of rotatable bonds is 2. The van der Waals surface area contributed by atoms with Crippen molar-refractivity contribution in [2.75, 3.05) is 6.61 Å². The van der Waals surface area contributed by atoms with E-state index in [9.17, 15) is 4.79 Å². The Morgan fingerprint density at radius 1 is 1.24 bits per heavy atom. The second-order valence-corrected chi connectivity index (χ2v) is 4.92. The number of hydrogen-bond acceptors (Lipinski definition) is 4. The number of hydroxylamine groups is 1. The Bertz CT molecular complexity index is 643. The van der Waals surface area contributed by atoms with Gasteiger partial charge >= 0.3 is 0 Å². The third-order valence-corrected chi connectivity index (χ3v) is 3.58. The molecule has 1 heterocycles. The molecule has 5 heteroatoms. The van der Waals surface area contributed by atoms with Gasteiger partial charge in [-0.1, -0.05) is 36.4 Å². The molecule has 3 rings (SSSR count). The second kappa shape index (κ2) is 5.95. The minimum absolute atomic E-state index is 0.105. The van der Waals surface area contributed by atoms with Crippen LogP contribution in [0.1, 0.15) is 27.5 Å². The van der Waals surface area contributed by atoms with Crippen LogP contribution in [0, 0.1) is 0 Å². The molecule has 1 amide bonds. The van der Waals surface area contributed by atoms with E-state index in [1.807, 2.05) is 24.3 Å². The summed E-state index contributed by atoms with van der Waals surface area (Å²) in [4.78, 5) is 11.4. The average molecular weight is 284 g/mol. The summed E-state index contributed by atoms with van der Waals surface area (Å²) >= 11 is 0. The van der Waals surface area contributed by atoms with Gasteiger partial charge in [-0.25, -0.2) is 5.48 Å². The van der Waals surface area contributed by atoms with Gasteiger partial charge in [0.05, 0.1) is 6.04 Å². The minimum Gasteiger partial charge on any atom is -0.491 e. The predicted octanol–water partition coefficient (Wildman–Crippen LogP) is 2.03. The highest BCUT2D eigenvalue weighted by atomic mass is 16.5. The molecule has 0 aliphatic carbocycles. The third kappa shape index (κ3) is 2.89. The van der Waals surface area contributed by atoms with E-state index in [-0.39, 0.29) is 6.04 Å². The fourth-order valence-electron chi connectivity index (χ4n) is 2.41. The third-order valence-electron chi connectivity index (χ3n) is 3.58. The van der Waals surface area contributed by atoms with Gasteiger partial charge in [0, 0.05) is 17.7 Å².